The molecule has 2 unspecified atom stereocenters. The molecule has 1 heterocycles. The summed E-state index contributed by atoms with van der Waals surface area (Å²) in [6, 6.07) is 1.43. The molecule has 2 nitrogen and oxygen atoms in total. The van der Waals surface area contributed by atoms with Crippen LogP contribution in [-0.2, 0) is 0 Å². The van der Waals surface area contributed by atoms with Crippen molar-refractivity contribution in [2.75, 3.05) is 13.1 Å². The number of nitrogens with zero attached hydrogens (tertiary/aromatic N) is 1. The zero-order valence-electron chi connectivity index (χ0n) is 10.7. The van der Waals surface area contributed by atoms with Crippen molar-refractivity contribution in [2.45, 2.75) is 65.0 Å². The van der Waals surface area contributed by atoms with E-state index in [0.717, 1.165) is 18.5 Å². The number of hydrogen-bond acceptors (Lipinski definition) is 2. The van der Waals surface area contributed by atoms with E-state index >= 15 is 0 Å². The fourth-order valence-corrected chi connectivity index (χ4v) is 2.84. The molecular weight excluding hydrogens is 184 g/mol. The first kappa shape index (κ1) is 13.0. The molecular formula is C13H28N2. The normalized spacial score (nSPS) is 25.0. The molecule has 0 aliphatic carbocycles. The lowest BCUT2D eigenvalue weighted by molar-refractivity contribution is 0.140. The standard InChI is InChI=1S/C13H28N2/c1-4-5-7-12(10-14)15-9-6-8-13(15)11(2)3/h11-13H,4-10,14H2,1-3H3. The minimum atomic E-state index is 0.639. The number of likely N-dealkylation sites (tertiary alicyclic amines) is 1. The van der Waals surface area contributed by atoms with Gasteiger partial charge in [-0.25, -0.2) is 0 Å². The van der Waals surface area contributed by atoms with Crippen LogP contribution >= 0.6 is 0 Å². The first-order valence-corrected chi connectivity index (χ1v) is 6.66. The molecule has 1 aliphatic rings. The second kappa shape index (κ2) is 6.49. The third-order valence-electron chi connectivity index (χ3n) is 3.74. The van der Waals surface area contributed by atoms with Gasteiger partial charge < -0.3 is 5.73 Å². The van der Waals surface area contributed by atoms with Gasteiger partial charge in [-0.3, -0.25) is 4.90 Å². The highest BCUT2D eigenvalue weighted by Crippen LogP contribution is 2.27. The SMILES string of the molecule is CCCCC(CN)N1CCCC1C(C)C. The number of rotatable bonds is 6. The van der Waals surface area contributed by atoms with E-state index in [1.807, 2.05) is 0 Å². The average Bonchev–Trinajstić information content (AvgIpc) is 2.68. The molecule has 0 aromatic rings. The van der Waals surface area contributed by atoms with Crippen molar-refractivity contribution in [3.63, 3.8) is 0 Å². The molecule has 1 aliphatic heterocycles. The Balaban J connectivity index is 2.50. The lowest BCUT2D eigenvalue weighted by Gasteiger charge is -2.34. The average molecular weight is 212 g/mol. The van der Waals surface area contributed by atoms with Gasteiger partial charge in [-0.05, 0) is 31.7 Å². The Kier molecular flexibility index (Phi) is 5.62. The van der Waals surface area contributed by atoms with E-state index in [0.29, 0.717) is 6.04 Å². The third-order valence-corrected chi connectivity index (χ3v) is 3.74. The second-order valence-corrected chi connectivity index (χ2v) is 5.22. The summed E-state index contributed by atoms with van der Waals surface area (Å²) in [5, 5.41) is 0. The van der Waals surface area contributed by atoms with Crippen LogP contribution in [0.3, 0.4) is 0 Å². The lowest BCUT2D eigenvalue weighted by Crippen LogP contribution is -2.45. The third kappa shape index (κ3) is 3.46. The molecule has 90 valence electrons. The summed E-state index contributed by atoms with van der Waals surface area (Å²) in [5.74, 6) is 0.781. The molecule has 2 N–H and O–H groups in total. The first-order valence-electron chi connectivity index (χ1n) is 6.66. The van der Waals surface area contributed by atoms with Crippen LogP contribution in [0, 0.1) is 5.92 Å². The highest BCUT2D eigenvalue weighted by Gasteiger charge is 2.31. The highest BCUT2D eigenvalue weighted by atomic mass is 15.2. The summed E-state index contributed by atoms with van der Waals surface area (Å²) < 4.78 is 0. The van der Waals surface area contributed by atoms with E-state index in [1.165, 1.54) is 38.6 Å². The van der Waals surface area contributed by atoms with Crippen LogP contribution in [0.15, 0.2) is 0 Å². The zero-order chi connectivity index (χ0) is 11.3. The topological polar surface area (TPSA) is 29.3 Å². The largest absolute Gasteiger partial charge is 0.329 e. The van der Waals surface area contributed by atoms with Crippen LogP contribution in [0.4, 0.5) is 0 Å². The molecule has 0 saturated carbocycles. The Morgan fingerprint density at radius 2 is 2.13 bits per heavy atom. The van der Waals surface area contributed by atoms with E-state index in [1.54, 1.807) is 0 Å². The van der Waals surface area contributed by atoms with E-state index < -0.39 is 0 Å². The van der Waals surface area contributed by atoms with Crippen LogP contribution in [0.1, 0.15) is 52.9 Å². The molecule has 2 heteroatoms. The summed E-state index contributed by atoms with van der Waals surface area (Å²) in [7, 11) is 0. The second-order valence-electron chi connectivity index (χ2n) is 5.22. The maximum Gasteiger partial charge on any atom is 0.0221 e. The van der Waals surface area contributed by atoms with E-state index in [2.05, 4.69) is 25.7 Å². The number of unbranched alkanes of at least 4 members (excludes halogenated alkanes) is 1. The van der Waals surface area contributed by atoms with Gasteiger partial charge in [0.25, 0.3) is 0 Å². The fourth-order valence-electron chi connectivity index (χ4n) is 2.84. The van der Waals surface area contributed by atoms with Crippen molar-refractivity contribution >= 4 is 0 Å². The van der Waals surface area contributed by atoms with E-state index in [9.17, 15) is 0 Å². The summed E-state index contributed by atoms with van der Waals surface area (Å²) in [6.07, 6.45) is 6.64. The molecule has 1 fully saturated rings. The van der Waals surface area contributed by atoms with Crippen molar-refractivity contribution in [1.82, 2.24) is 4.90 Å². The summed E-state index contributed by atoms with van der Waals surface area (Å²) in [6.45, 7) is 9.06. The minimum Gasteiger partial charge on any atom is -0.329 e. The van der Waals surface area contributed by atoms with E-state index in [-0.39, 0.29) is 0 Å². The quantitative estimate of drug-likeness (QED) is 0.733. The van der Waals surface area contributed by atoms with Crippen LogP contribution < -0.4 is 5.73 Å². The van der Waals surface area contributed by atoms with Gasteiger partial charge in [-0.2, -0.15) is 0 Å². The number of nitrogens with two attached hydrogens (primary N) is 1. The fraction of sp³-hybridized carbons (Fsp3) is 1.00. The van der Waals surface area contributed by atoms with Crippen LogP contribution in [0.2, 0.25) is 0 Å². The Morgan fingerprint density at radius 3 is 2.67 bits per heavy atom. The number of hydrogen-bond donors (Lipinski definition) is 1. The molecule has 0 amide bonds. The van der Waals surface area contributed by atoms with Gasteiger partial charge in [0, 0.05) is 18.6 Å². The molecule has 15 heavy (non-hydrogen) atoms. The Labute approximate surface area is 95.2 Å². The van der Waals surface area contributed by atoms with Gasteiger partial charge in [0.05, 0.1) is 0 Å². The lowest BCUT2D eigenvalue weighted by atomic mass is 9.99. The molecule has 0 bridgehead atoms. The molecule has 0 radical (unpaired) electrons. The van der Waals surface area contributed by atoms with Gasteiger partial charge in [-0.15, -0.1) is 0 Å². The zero-order valence-corrected chi connectivity index (χ0v) is 10.7. The van der Waals surface area contributed by atoms with Crippen LogP contribution in [-0.4, -0.2) is 30.1 Å². The van der Waals surface area contributed by atoms with Gasteiger partial charge in [0.15, 0.2) is 0 Å². The predicted molar refractivity (Wildman–Crippen MR) is 66.9 cm³/mol. The summed E-state index contributed by atoms with van der Waals surface area (Å²) in [4.78, 5) is 2.68. The Morgan fingerprint density at radius 1 is 1.40 bits per heavy atom. The van der Waals surface area contributed by atoms with Gasteiger partial charge in [0.2, 0.25) is 0 Å². The molecule has 0 aromatic carbocycles. The molecule has 1 rings (SSSR count). The Bertz CT molecular complexity index is 168. The summed E-state index contributed by atoms with van der Waals surface area (Å²) in [5.41, 5.74) is 5.91. The van der Waals surface area contributed by atoms with Crippen LogP contribution in [0.25, 0.3) is 0 Å². The van der Waals surface area contributed by atoms with Crippen molar-refractivity contribution in [2.24, 2.45) is 11.7 Å². The smallest absolute Gasteiger partial charge is 0.0221 e. The van der Waals surface area contributed by atoms with Gasteiger partial charge in [-0.1, -0.05) is 33.6 Å². The maximum atomic E-state index is 5.91. The van der Waals surface area contributed by atoms with Crippen molar-refractivity contribution in [3.05, 3.63) is 0 Å². The summed E-state index contributed by atoms with van der Waals surface area (Å²) >= 11 is 0. The monoisotopic (exact) mass is 212 g/mol. The first-order chi connectivity index (χ1) is 7.20. The highest BCUT2D eigenvalue weighted by molar-refractivity contribution is 4.86. The van der Waals surface area contributed by atoms with Gasteiger partial charge >= 0.3 is 0 Å². The maximum absolute atomic E-state index is 5.91. The van der Waals surface area contributed by atoms with Crippen molar-refractivity contribution in [3.8, 4) is 0 Å². The van der Waals surface area contributed by atoms with Crippen LogP contribution in [0.5, 0.6) is 0 Å². The van der Waals surface area contributed by atoms with Crippen molar-refractivity contribution < 1.29 is 0 Å². The molecule has 2 atom stereocenters. The van der Waals surface area contributed by atoms with E-state index in [4.69, 9.17) is 5.73 Å². The van der Waals surface area contributed by atoms with Gasteiger partial charge in [0.1, 0.15) is 0 Å². The predicted octanol–water partition coefficient (Wildman–Crippen LogP) is 2.62. The minimum absolute atomic E-state index is 0.639. The van der Waals surface area contributed by atoms with Crippen molar-refractivity contribution in [1.29, 1.82) is 0 Å². The molecule has 0 aromatic heterocycles. The Hall–Kier alpha value is -0.0800. The molecule has 0 spiro atoms. The molecule has 1 saturated heterocycles.